The molecule has 0 fully saturated rings. The standard InChI is InChI=1S/C77H52N6/c1-3-50(52-26-8-5-9-27-52)44-51(4-2)77-78-65(59-36-18-24-42-71(59)82-69-40-22-16-34-57(69)63-45-61-55-32-14-20-38-67(55)80(73(61)48-75(63)82)53-28-10-6-11-29-53)47-66(79-77)60-37-19-25-43-72(60)83-70-41-23-17-35-58(70)64-46-62-56-33-15-21-39-68(56)81(74(62)49-76(64)83)54-30-12-7-13-31-54/h3-49H,2H2,1H3/b50-3+,51-44+. The lowest BCUT2D eigenvalue weighted by Crippen LogP contribution is -2.04. The normalized spacial score (nSPS) is 12.3. The second-order valence-corrected chi connectivity index (χ2v) is 21.3. The summed E-state index contributed by atoms with van der Waals surface area (Å²) in [4.78, 5) is 11.3. The van der Waals surface area contributed by atoms with Crippen LogP contribution in [0.5, 0.6) is 0 Å². The second kappa shape index (κ2) is 19.3. The van der Waals surface area contributed by atoms with Gasteiger partial charge in [-0.15, -0.1) is 0 Å². The van der Waals surface area contributed by atoms with Crippen molar-refractivity contribution < 1.29 is 0 Å². The van der Waals surface area contributed by atoms with E-state index in [9.17, 15) is 0 Å². The third kappa shape index (κ3) is 7.57. The minimum atomic E-state index is 0.569. The molecule has 0 spiro atoms. The molecule has 11 aromatic carbocycles. The van der Waals surface area contributed by atoms with E-state index in [4.69, 9.17) is 9.97 Å². The van der Waals surface area contributed by atoms with Crippen LogP contribution in [0.2, 0.25) is 0 Å². The number of benzene rings is 11. The lowest BCUT2D eigenvalue weighted by Gasteiger charge is -2.17. The van der Waals surface area contributed by atoms with Gasteiger partial charge < -0.3 is 18.3 Å². The first-order valence-corrected chi connectivity index (χ1v) is 28.3. The summed E-state index contributed by atoms with van der Waals surface area (Å²) in [6, 6.07) is 96.2. The molecule has 0 unspecified atom stereocenters. The predicted octanol–water partition coefficient (Wildman–Crippen LogP) is 19.9. The Labute approximate surface area is 479 Å². The van der Waals surface area contributed by atoms with Crippen LogP contribution in [-0.4, -0.2) is 28.2 Å². The minimum Gasteiger partial charge on any atom is -0.309 e. The van der Waals surface area contributed by atoms with Crippen molar-refractivity contribution in [1.82, 2.24) is 28.2 Å². The predicted molar refractivity (Wildman–Crippen MR) is 349 cm³/mol. The molecule has 5 heterocycles. The number of para-hydroxylation sites is 8. The van der Waals surface area contributed by atoms with E-state index < -0.39 is 0 Å². The van der Waals surface area contributed by atoms with Crippen LogP contribution in [0.25, 0.3) is 144 Å². The van der Waals surface area contributed by atoms with Crippen molar-refractivity contribution in [3.8, 4) is 45.3 Å². The van der Waals surface area contributed by atoms with E-state index in [1.54, 1.807) is 0 Å². The fourth-order valence-corrected chi connectivity index (χ4v) is 13.1. The summed E-state index contributed by atoms with van der Waals surface area (Å²) in [6.45, 7) is 6.50. The first-order chi connectivity index (χ1) is 41.1. The number of nitrogens with zero attached hydrogens (tertiary/aromatic N) is 6. The van der Waals surface area contributed by atoms with Crippen molar-refractivity contribution in [2.24, 2.45) is 0 Å². The van der Waals surface area contributed by atoms with Gasteiger partial charge in [0.1, 0.15) is 0 Å². The van der Waals surface area contributed by atoms with Crippen LogP contribution in [0.4, 0.5) is 0 Å². The summed E-state index contributed by atoms with van der Waals surface area (Å²) in [5, 5.41) is 9.58. The number of fused-ring (bicyclic) bond motifs is 12. The third-order valence-corrected chi connectivity index (χ3v) is 16.7. The van der Waals surface area contributed by atoms with Crippen LogP contribution in [0, 0.1) is 0 Å². The third-order valence-electron chi connectivity index (χ3n) is 16.7. The number of rotatable bonds is 10. The molecule has 0 amide bonds. The molecule has 0 saturated heterocycles. The Morgan fingerprint density at radius 2 is 0.675 bits per heavy atom. The Balaban J connectivity index is 0.959. The number of hydrogen-bond acceptors (Lipinski definition) is 2. The maximum Gasteiger partial charge on any atom is 0.160 e. The van der Waals surface area contributed by atoms with Gasteiger partial charge in [-0.3, -0.25) is 0 Å². The number of aromatic nitrogens is 6. The van der Waals surface area contributed by atoms with Gasteiger partial charge in [-0.05, 0) is 115 Å². The Hall–Kier alpha value is -11.1. The van der Waals surface area contributed by atoms with E-state index in [1.807, 2.05) is 12.1 Å². The maximum atomic E-state index is 5.63. The quantitative estimate of drug-likeness (QED) is 0.128. The first-order valence-electron chi connectivity index (χ1n) is 28.3. The highest BCUT2D eigenvalue weighted by Gasteiger charge is 2.24. The van der Waals surface area contributed by atoms with Crippen LogP contribution in [0.3, 0.4) is 0 Å². The Morgan fingerprint density at radius 1 is 0.325 bits per heavy atom. The van der Waals surface area contributed by atoms with Crippen LogP contribution in [0.1, 0.15) is 18.3 Å². The molecule has 5 aromatic heterocycles. The number of allylic oxidation sites excluding steroid dienone is 5. The zero-order valence-electron chi connectivity index (χ0n) is 45.5. The van der Waals surface area contributed by atoms with Gasteiger partial charge in [0.15, 0.2) is 5.82 Å². The van der Waals surface area contributed by atoms with E-state index in [-0.39, 0.29) is 0 Å². The van der Waals surface area contributed by atoms with Gasteiger partial charge >= 0.3 is 0 Å². The zero-order chi connectivity index (χ0) is 55.1. The lowest BCUT2D eigenvalue weighted by atomic mass is 10.0. The summed E-state index contributed by atoms with van der Waals surface area (Å²) in [6.07, 6.45) is 6.19. The largest absolute Gasteiger partial charge is 0.309 e. The summed E-state index contributed by atoms with van der Waals surface area (Å²) >= 11 is 0. The van der Waals surface area contributed by atoms with Crippen molar-refractivity contribution in [3.63, 3.8) is 0 Å². The monoisotopic (exact) mass is 1060 g/mol. The molecule has 6 heteroatoms. The van der Waals surface area contributed by atoms with Crippen LogP contribution >= 0.6 is 0 Å². The Kier molecular flexibility index (Phi) is 11.2. The molecule has 16 aromatic rings. The first kappa shape index (κ1) is 47.9. The fourth-order valence-electron chi connectivity index (χ4n) is 13.1. The van der Waals surface area contributed by atoms with Crippen molar-refractivity contribution in [2.45, 2.75) is 6.92 Å². The molecule has 16 rings (SSSR count). The summed E-state index contributed by atoms with van der Waals surface area (Å²) in [7, 11) is 0. The Bertz CT molecular complexity index is 5050. The van der Waals surface area contributed by atoms with Gasteiger partial charge in [-0.25, -0.2) is 9.97 Å². The van der Waals surface area contributed by atoms with Crippen molar-refractivity contribution in [3.05, 3.63) is 303 Å². The lowest BCUT2D eigenvalue weighted by molar-refractivity contribution is 1.11. The van der Waals surface area contributed by atoms with Crippen LogP contribution in [-0.2, 0) is 0 Å². The molecule has 0 aliphatic heterocycles. The molecule has 0 bridgehead atoms. The van der Waals surface area contributed by atoms with Crippen LogP contribution in [0.15, 0.2) is 292 Å². The number of hydrogen-bond donors (Lipinski definition) is 0. The minimum absolute atomic E-state index is 0.569. The smallest absolute Gasteiger partial charge is 0.160 e. The van der Waals surface area contributed by atoms with Gasteiger partial charge in [-0.2, -0.15) is 0 Å². The zero-order valence-corrected chi connectivity index (χ0v) is 45.5. The molecule has 0 saturated carbocycles. The molecule has 83 heavy (non-hydrogen) atoms. The average molecular weight is 1060 g/mol. The van der Waals surface area contributed by atoms with Gasteiger partial charge in [0.2, 0.25) is 0 Å². The van der Waals surface area contributed by atoms with Gasteiger partial charge in [0.05, 0.1) is 66.9 Å². The summed E-state index contributed by atoms with van der Waals surface area (Å²) in [5.41, 5.74) is 19.7. The van der Waals surface area contributed by atoms with E-state index in [0.29, 0.717) is 5.82 Å². The fraction of sp³-hybridized carbons (Fsp3) is 0.0130. The maximum absolute atomic E-state index is 5.63. The van der Waals surface area contributed by atoms with E-state index in [2.05, 4.69) is 305 Å². The van der Waals surface area contributed by atoms with Gasteiger partial charge in [0.25, 0.3) is 0 Å². The molecule has 6 nitrogen and oxygen atoms in total. The van der Waals surface area contributed by atoms with Crippen molar-refractivity contribution >= 4 is 98.4 Å². The Morgan fingerprint density at radius 3 is 1.08 bits per heavy atom. The van der Waals surface area contributed by atoms with Crippen LogP contribution < -0.4 is 0 Å². The molecule has 390 valence electrons. The SMILES string of the molecule is C=C/C(=C\C(=C/C)c1ccccc1)c1nc(-c2ccccc2-n2c3ccccc3c3cc4c5ccccc5n(-c5ccccc5)c4cc32)cc(-c2ccccc2-n2c3ccccc3c3cc4c5ccccc5n(-c5ccccc5)c4cc32)n1. The molecular formula is C77H52N6. The molecule has 0 aliphatic carbocycles. The van der Waals surface area contributed by atoms with Gasteiger partial charge in [0, 0.05) is 71.2 Å². The molecular weight excluding hydrogens is 1010 g/mol. The molecule has 0 atom stereocenters. The highest BCUT2D eigenvalue weighted by molar-refractivity contribution is 6.21. The highest BCUT2D eigenvalue weighted by Crippen LogP contribution is 2.44. The van der Waals surface area contributed by atoms with E-state index in [1.165, 1.54) is 54.1 Å². The second-order valence-electron chi connectivity index (χ2n) is 21.3. The van der Waals surface area contributed by atoms with E-state index >= 15 is 0 Å². The highest BCUT2D eigenvalue weighted by atomic mass is 15.0. The molecule has 0 radical (unpaired) electrons. The summed E-state index contributed by atoms with van der Waals surface area (Å²) < 4.78 is 9.68. The topological polar surface area (TPSA) is 45.5 Å². The van der Waals surface area contributed by atoms with E-state index in [0.717, 1.165) is 95.1 Å². The van der Waals surface area contributed by atoms with Crippen molar-refractivity contribution in [1.29, 1.82) is 0 Å². The average Bonchev–Trinajstić information content (AvgIpc) is 2.65. The summed E-state index contributed by atoms with van der Waals surface area (Å²) in [5.74, 6) is 0.569. The molecule has 0 N–H and O–H groups in total. The van der Waals surface area contributed by atoms with Gasteiger partial charge in [-0.1, -0.05) is 195 Å². The molecule has 0 aliphatic rings. The van der Waals surface area contributed by atoms with Crippen molar-refractivity contribution in [2.75, 3.05) is 0 Å².